The minimum atomic E-state index is -3.85. The van der Waals surface area contributed by atoms with Gasteiger partial charge in [0, 0.05) is 20.3 Å². The van der Waals surface area contributed by atoms with Gasteiger partial charge in [0.15, 0.2) is 5.82 Å². The van der Waals surface area contributed by atoms with Crippen LogP contribution in [0.1, 0.15) is 12.0 Å². The molecule has 0 saturated heterocycles. The van der Waals surface area contributed by atoms with Crippen molar-refractivity contribution in [3.8, 4) is 0 Å². The predicted octanol–water partition coefficient (Wildman–Crippen LogP) is 2.17. The molecule has 7 nitrogen and oxygen atoms in total. The van der Waals surface area contributed by atoms with E-state index < -0.39 is 15.8 Å². The van der Waals surface area contributed by atoms with Crippen LogP contribution in [0.3, 0.4) is 0 Å². The molecular formula is C15H19FN4O3S. The van der Waals surface area contributed by atoms with Gasteiger partial charge in [0.25, 0.3) is 10.0 Å². The topological polar surface area (TPSA) is 93.2 Å². The molecule has 0 amide bonds. The molecule has 0 saturated carbocycles. The van der Waals surface area contributed by atoms with E-state index in [4.69, 9.17) is 4.74 Å². The fourth-order valence-corrected chi connectivity index (χ4v) is 3.25. The summed E-state index contributed by atoms with van der Waals surface area (Å²) in [7, 11) is -2.23. The first kappa shape index (κ1) is 18.1. The fraction of sp³-hybridized carbons (Fsp3) is 0.333. The molecule has 9 heteroatoms. The lowest BCUT2D eigenvalue weighted by Gasteiger charge is -2.10. The van der Waals surface area contributed by atoms with Gasteiger partial charge in [0.1, 0.15) is 11.6 Å². The summed E-state index contributed by atoms with van der Waals surface area (Å²) in [5.74, 6) is 0.128. The highest BCUT2D eigenvalue weighted by Crippen LogP contribution is 2.19. The second-order valence-corrected chi connectivity index (χ2v) is 6.74. The number of sulfonamides is 1. The third kappa shape index (κ3) is 4.87. The monoisotopic (exact) mass is 354 g/mol. The third-order valence-corrected chi connectivity index (χ3v) is 4.68. The molecule has 24 heavy (non-hydrogen) atoms. The van der Waals surface area contributed by atoms with Crippen LogP contribution < -0.4 is 10.0 Å². The van der Waals surface area contributed by atoms with Gasteiger partial charge >= 0.3 is 0 Å². The number of nitrogens with zero attached hydrogens (tertiary/aromatic N) is 2. The number of aromatic nitrogens is 2. The van der Waals surface area contributed by atoms with Crippen molar-refractivity contribution < 1.29 is 17.5 Å². The van der Waals surface area contributed by atoms with Crippen LogP contribution in [-0.4, -0.2) is 38.9 Å². The second-order valence-electron chi connectivity index (χ2n) is 5.09. The van der Waals surface area contributed by atoms with Gasteiger partial charge in [-0.2, -0.15) is 0 Å². The summed E-state index contributed by atoms with van der Waals surface area (Å²) in [6.07, 6.45) is 0.816. The first-order valence-corrected chi connectivity index (χ1v) is 8.76. The van der Waals surface area contributed by atoms with E-state index in [9.17, 15) is 12.8 Å². The van der Waals surface area contributed by atoms with Crippen LogP contribution in [0.15, 0.2) is 35.2 Å². The highest BCUT2D eigenvalue weighted by Gasteiger charge is 2.18. The zero-order valence-corrected chi connectivity index (χ0v) is 14.2. The number of ether oxygens (including phenoxy) is 1. The van der Waals surface area contributed by atoms with E-state index in [-0.39, 0.29) is 10.7 Å². The molecule has 1 aromatic heterocycles. The molecule has 130 valence electrons. The van der Waals surface area contributed by atoms with Crippen molar-refractivity contribution in [2.24, 2.45) is 0 Å². The number of hydrogen-bond acceptors (Lipinski definition) is 6. The summed E-state index contributed by atoms with van der Waals surface area (Å²) < 4.78 is 45.0. The van der Waals surface area contributed by atoms with Crippen LogP contribution in [0.25, 0.3) is 0 Å². The van der Waals surface area contributed by atoms with E-state index in [1.54, 1.807) is 13.2 Å². The molecule has 1 heterocycles. The van der Waals surface area contributed by atoms with Gasteiger partial charge in [-0.05, 0) is 49.2 Å². The van der Waals surface area contributed by atoms with E-state index in [1.807, 2.05) is 0 Å². The zero-order valence-electron chi connectivity index (χ0n) is 13.4. The second kappa shape index (κ2) is 8.02. The van der Waals surface area contributed by atoms with Crippen molar-refractivity contribution in [3.05, 3.63) is 41.7 Å². The van der Waals surface area contributed by atoms with E-state index in [2.05, 4.69) is 20.2 Å². The largest absolute Gasteiger partial charge is 0.385 e. The molecular weight excluding hydrogens is 335 g/mol. The maximum absolute atomic E-state index is 13.1. The third-order valence-electron chi connectivity index (χ3n) is 3.16. The number of aryl methyl sites for hydroxylation is 1. The van der Waals surface area contributed by atoms with Crippen LogP contribution >= 0.6 is 0 Å². The van der Waals surface area contributed by atoms with Crippen LogP contribution in [0.5, 0.6) is 0 Å². The highest BCUT2D eigenvalue weighted by molar-refractivity contribution is 7.92. The van der Waals surface area contributed by atoms with Crippen molar-refractivity contribution in [2.75, 3.05) is 30.3 Å². The number of nitrogens with one attached hydrogen (secondary N) is 2. The van der Waals surface area contributed by atoms with Gasteiger partial charge in [-0.15, -0.1) is 10.2 Å². The summed E-state index contributed by atoms with van der Waals surface area (Å²) in [6.45, 7) is 2.83. The Bertz CT molecular complexity index is 782. The standard InChI is InChI=1S/C15H19FN4O3S/c1-11-10-12(16)4-5-13(11)24(21,22)20-15-7-6-14(18-19-15)17-8-3-9-23-2/h4-7,10H,3,8-9H2,1-2H3,(H,17,18)(H,19,20). The molecule has 2 aromatic rings. The molecule has 2 N–H and O–H groups in total. The maximum atomic E-state index is 13.1. The lowest BCUT2D eigenvalue weighted by Crippen LogP contribution is -2.16. The Hall–Kier alpha value is -2.26. The zero-order chi connectivity index (χ0) is 17.6. The van der Waals surface area contributed by atoms with Gasteiger partial charge in [-0.3, -0.25) is 4.72 Å². The van der Waals surface area contributed by atoms with Crippen LogP contribution in [0.2, 0.25) is 0 Å². The highest BCUT2D eigenvalue weighted by atomic mass is 32.2. The first-order chi connectivity index (χ1) is 11.4. The lowest BCUT2D eigenvalue weighted by molar-refractivity contribution is 0.197. The molecule has 0 atom stereocenters. The Kier molecular flexibility index (Phi) is 6.04. The number of halogens is 1. The van der Waals surface area contributed by atoms with Gasteiger partial charge in [0.2, 0.25) is 0 Å². The van der Waals surface area contributed by atoms with E-state index in [1.165, 1.54) is 19.1 Å². The lowest BCUT2D eigenvalue weighted by atomic mass is 10.2. The van der Waals surface area contributed by atoms with Gasteiger partial charge in [-0.25, -0.2) is 12.8 Å². The van der Waals surface area contributed by atoms with E-state index in [0.29, 0.717) is 24.5 Å². The predicted molar refractivity (Wildman–Crippen MR) is 89.0 cm³/mol. The SMILES string of the molecule is COCCCNc1ccc(NS(=O)(=O)c2ccc(F)cc2C)nn1. The molecule has 1 aromatic carbocycles. The quantitative estimate of drug-likeness (QED) is 0.706. The van der Waals surface area contributed by atoms with Crippen molar-refractivity contribution in [1.29, 1.82) is 0 Å². The molecule has 0 fully saturated rings. The number of hydrogen-bond donors (Lipinski definition) is 2. The molecule has 0 aliphatic heterocycles. The Morgan fingerprint density at radius 2 is 1.88 bits per heavy atom. The molecule has 0 unspecified atom stereocenters. The number of methoxy groups -OCH3 is 1. The smallest absolute Gasteiger partial charge is 0.263 e. The summed E-state index contributed by atoms with van der Waals surface area (Å²) >= 11 is 0. The Labute approximate surface area is 140 Å². The van der Waals surface area contributed by atoms with Crippen molar-refractivity contribution >= 4 is 21.7 Å². The van der Waals surface area contributed by atoms with Crippen molar-refractivity contribution in [3.63, 3.8) is 0 Å². The number of rotatable bonds is 8. The van der Waals surface area contributed by atoms with Crippen molar-refractivity contribution in [2.45, 2.75) is 18.2 Å². The Morgan fingerprint density at radius 3 is 2.50 bits per heavy atom. The van der Waals surface area contributed by atoms with Crippen LogP contribution in [-0.2, 0) is 14.8 Å². The van der Waals surface area contributed by atoms with Crippen LogP contribution in [0, 0.1) is 12.7 Å². The molecule has 0 radical (unpaired) electrons. The number of anilines is 2. The summed E-state index contributed by atoms with van der Waals surface area (Å²) in [6, 6.07) is 6.59. The maximum Gasteiger partial charge on any atom is 0.263 e. The molecule has 0 aliphatic rings. The van der Waals surface area contributed by atoms with Gasteiger partial charge in [-0.1, -0.05) is 0 Å². The Balaban J connectivity index is 2.04. The first-order valence-electron chi connectivity index (χ1n) is 7.28. The summed E-state index contributed by atoms with van der Waals surface area (Å²) in [4.78, 5) is -0.00697. The van der Waals surface area contributed by atoms with E-state index >= 15 is 0 Å². The van der Waals surface area contributed by atoms with Crippen LogP contribution in [0.4, 0.5) is 16.0 Å². The minimum Gasteiger partial charge on any atom is -0.385 e. The molecule has 2 rings (SSSR count). The van der Waals surface area contributed by atoms with Gasteiger partial charge < -0.3 is 10.1 Å². The Morgan fingerprint density at radius 1 is 1.17 bits per heavy atom. The molecule has 0 spiro atoms. The van der Waals surface area contributed by atoms with E-state index in [0.717, 1.165) is 18.6 Å². The number of benzene rings is 1. The van der Waals surface area contributed by atoms with Gasteiger partial charge in [0.05, 0.1) is 4.90 Å². The fourth-order valence-electron chi connectivity index (χ4n) is 2.02. The average Bonchev–Trinajstić information content (AvgIpc) is 2.52. The molecule has 0 aliphatic carbocycles. The summed E-state index contributed by atoms with van der Waals surface area (Å²) in [5.41, 5.74) is 0.312. The normalized spacial score (nSPS) is 11.3. The minimum absolute atomic E-state index is 0.00697. The average molecular weight is 354 g/mol. The van der Waals surface area contributed by atoms with Crippen molar-refractivity contribution in [1.82, 2.24) is 10.2 Å². The summed E-state index contributed by atoms with van der Waals surface area (Å²) in [5, 5.41) is 10.8. The molecule has 0 bridgehead atoms.